The normalized spacial score (nSPS) is 14.6. The average Bonchev–Trinajstić information content (AvgIpc) is 2.64. The number of hydrogen-bond acceptors (Lipinski definition) is 6. The molecule has 2 amide bonds. The molecule has 10 heteroatoms. The number of benzene rings is 1. The molecule has 1 aliphatic heterocycles. The zero-order chi connectivity index (χ0) is 20.2. The lowest BCUT2D eigenvalue weighted by Gasteiger charge is -2.35. The summed E-state index contributed by atoms with van der Waals surface area (Å²) < 4.78 is 30.2. The lowest BCUT2D eigenvalue weighted by atomic mass is 10.2. The van der Waals surface area contributed by atoms with Crippen LogP contribution in [0.15, 0.2) is 24.3 Å². The van der Waals surface area contributed by atoms with Gasteiger partial charge in [0.05, 0.1) is 24.6 Å². The van der Waals surface area contributed by atoms with E-state index in [0.29, 0.717) is 26.2 Å². The Balaban J connectivity index is 2.24. The Morgan fingerprint density at radius 3 is 2.15 bits per heavy atom. The number of anilines is 1. The molecule has 148 valence electrons. The summed E-state index contributed by atoms with van der Waals surface area (Å²) >= 11 is 0. The molecule has 0 saturated carbocycles. The van der Waals surface area contributed by atoms with Crippen molar-refractivity contribution < 1.29 is 27.5 Å². The Morgan fingerprint density at radius 2 is 1.63 bits per heavy atom. The summed E-state index contributed by atoms with van der Waals surface area (Å²) in [4.78, 5) is 39.2. The minimum absolute atomic E-state index is 0.0552. The Bertz CT molecular complexity index is 831. The summed E-state index contributed by atoms with van der Waals surface area (Å²) in [7, 11) is -2.63. The fraction of sp³-hybridized carbons (Fsp3) is 0.471. The molecule has 0 N–H and O–H groups in total. The number of ether oxygens (including phenoxy) is 1. The molecular formula is C17H23N3O6S. The Labute approximate surface area is 158 Å². The summed E-state index contributed by atoms with van der Waals surface area (Å²) in [5.74, 6) is -1.16. The van der Waals surface area contributed by atoms with Gasteiger partial charge in [-0.25, -0.2) is 13.2 Å². The van der Waals surface area contributed by atoms with Gasteiger partial charge in [-0.2, -0.15) is 0 Å². The van der Waals surface area contributed by atoms with E-state index in [1.165, 1.54) is 31.1 Å². The Kier molecular flexibility index (Phi) is 6.42. The molecule has 0 unspecified atom stereocenters. The van der Waals surface area contributed by atoms with E-state index >= 15 is 0 Å². The molecule has 2 rings (SSSR count). The van der Waals surface area contributed by atoms with Gasteiger partial charge in [-0.3, -0.25) is 13.9 Å². The summed E-state index contributed by atoms with van der Waals surface area (Å²) in [6.07, 6.45) is 0.974. The predicted molar refractivity (Wildman–Crippen MR) is 98.8 cm³/mol. The van der Waals surface area contributed by atoms with Crippen molar-refractivity contribution in [2.24, 2.45) is 0 Å². The van der Waals surface area contributed by atoms with Crippen LogP contribution < -0.4 is 4.31 Å². The van der Waals surface area contributed by atoms with Crippen LogP contribution in [0.25, 0.3) is 0 Å². The second kappa shape index (κ2) is 8.38. The molecule has 0 radical (unpaired) electrons. The number of amides is 2. The van der Waals surface area contributed by atoms with Gasteiger partial charge >= 0.3 is 5.97 Å². The van der Waals surface area contributed by atoms with Gasteiger partial charge in [-0.05, 0) is 12.1 Å². The van der Waals surface area contributed by atoms with Crippen LogP contribution in [0.5, 0.6) is 0 Å². The standard InChI is InChI=1S/C17H23N3O6S/c1-13(21)18-8-10-19(11-9-18)16(22)12-20(27(3,24)25)15-7-5-4-6-14(15)17(23)26-2/h4-7H,8-12H2,1-3H3. The summed E-state index contributed by atoms with van der Waals surface area (Å²) in [6.45, 7) is 2.49. The van der Waals surface area contributed by atoms with Gasteiger partial charge < -0.3 is 14.5 Å². The number of carbonyl (C=O) groups excluding carboxylic acids is 3. The van der Waals surface area contributed by atoms with Crippen LogP contribution in [0.1, 0.15) is 17.3 Å². The van der Waals surface area contributed by atoms with Gasteiger partial charge in [0, 0.05) is 33.1 Å². The van der Waals surface area contributed by atoms with Crippen LogP contribution in [0, 0.1) is 0 Å². The van der Waals surface area contributed by atoms with Crippen LogP contribution in [-0.4, -0.2) is 82.1 Å². The SMILES string of the molecule is COC(=O)c1ccccc1N(CC(=O)N1CCN(C(C)=O)CC1)S(C)(=O)=O. The van der Waals surface area contributed by atoms with Crippen molar-refractivity contribution in [3.63, 3.8) is 0 Å². The first-order valence-electron chi connectivity index (χ1n) is 8.33. The fourth-order valence-corrected chi connectivity index (χ4v) is 3.71. The summed E-state index contributed by atoms with van der Waals surface area (Å²) in [6, 6.07) is 6.05. The molecule has 1 aromatic carbocycles. The van der Waals surface area contributed by atoms with E-state index in [-0.39, 0.29) is 17.2 Å². The zero-order valence-electron chi connectivity index (χ0n) is 15.5. The Morgan fingerprint density at radius 1 is 1.07 bits per heavy atom. The zero-order valence-corrected chi connectivity index (χ0v) is 16.4. The third-order valence-corrected chi connectivity index (χ3v) is 5.46. The highest BCUT2D eigenvalue weighted by molar-refractivity contribution is 7.92. The van der Waals surface area contributed by atoms with Crippen molar-refractivity contribution in [3.05, 3.63) is 29.8 Å². The number of rotatable bonds is 5. The maximum atomic E-state index is 12.7. The smallest absolute Gasteiger partial charge is 0.340 e. The molecule has 0 aliphatic carbocycles. The van der Waals surface area contributed by atoms with Crippen molar-refractivity contribution >= 4 is 33.5 Å². The van der Waals surface area contributed by atoms with Gasteiger partial charge in [0.25, 0.3) is 0 Å². The molecular weight excluding hydrogens is 374 g/mol. The quantitative estimate of drug-likeness (QED) is 0.644. The first-order valence-corrected chi connectivity index (χ1v) is 10.2. The topological polar surface area (TPSA) is 104 Å². The monoisotopic (exact) mass is 397 g/mol. The van der Waals surface area contributed by atoms with E-state index in [1.54, 1.807) is 17.0 Å². The molecule has 1 saturated heterocycles. The lowest BCUT2D eigenvalue weighted by molar-refractivity contribution is -0.137. The highest BCUT2D eigenvalue weighted by Gasteiger charge is 2.29. The number of sulfonamides is 1. The van der Waals surface area contributed by atoms with E-state index in [1.807, 2.05) is 0 Å². The number of piperazine rings is 1. The Hall–Kier alpha value is -2.62. The third kappa shape index (κ3) is 4.97. The molecule has 0 bridgehead atoms. The second-order valence-corrected chi connectivity index (χ2v) is 8.07. The van der Waals surface area contributed by atoms with Crippen molar-refractivity contribution in [3.8, 4) is 0 Å². The highest BCUT2D eigenvalue weighted by atomic mass is 32.2. The maximum absolute atomic E-state index is 12.7. The summed E-state index contributed by atoms with van der Waals surface area (Å²) in [5.41, 5.74) is 0.141. The van der Waals surface area contributed by atoms with Crippen molar-refractivity contribution in [2.75, 3.05) is 50.4 Å². The van der Waals surface area contributed by atoms with E-state index < -0.39 is 28.4 Å². The molecule has 1 aliphatic rings. The van der Waals surface area contributed by atoms with Crippen LogP contribution in [0.4, 0.5) is 5.69 Å². The number of carbonyl (C=O) groups is 3. The molecule has 1 heterocycles. The first-order chi connectivity index (χ1) is 12.6. The van der Waals surface area contributed by atoms with Gasteiger partial charge in [0.1, 0.15) is 6.54 Å². The lowest BCUT2D eigenvalue weighted by Crippen LogP contribution is -2.52. The summed E-state index contributed by atoms with van der Waals surface area (Å²) in [5, 5.41) is 0. The van der Waals surface area contributed by atoms with E-state index in [0.717, 1.165) is 10.6 Å². The number of hydrogen-bond donors (Lipinski definition) is 0. The van der Waals surface area contributed by atoms with Gasteiger partial charge in [0.2, 0.25) is 21.8 Å². The van der Waals surface area contributed by atoms with Crippen LogP contribution in [0.2, 0.25) is 0 Å². The molecule has 1 fully saturated rings. The van der Waals surface area contributed by atoms with Crippen LogP contribution in [0.3, 0.4) is 0 Å². The molecule has 1 aromatic rings. The van der Waals surface area contributed by atoms with Gasteiger partial charge in [-0.1, -0.05) is 12.1 Å². The first kappa shape index (κ1) is 20.7. The number of methoxy groups -OCH3 is 1. The van der Waals surface area contributed by atoms with Crippen LogP contribution >= 0.6 is 0 Å². The number of para-hydroxylation sites is 1. The van der Waals surface area contributed by atoms with Gasteiger partial charge in [-0.15, -0.1) is 0 Å². The molecule has 27 heavy (non-hydrogen) atoms. The van der Waals surface area contributed by atoms with E-state index in [2.05, 4.69) is 0 Å². The predicted octanol–water partition coefficient (Wildman–Crippen LogP) is -0.0701. The average molecular weight is 397 g/mol. The van der Waals surface area contributed by atoms with Crippen molar-refractivity contribution in [1.29, 1.82) is 0 Å². The molecule has 0 spiro atoms. The minimum Gasteiger partial charge on any atom is -0.465 e. The molecule has 0 aromatic heterocycles. The second-order valence-electron chi connectivity index (χ2n) is 6.17. The van der Waals surface area contributed by atoms with Gasteiger partial charge in [0.15, 0.2) is 0 Å². The van der Waals surface area contributed by atoms with Crippen LogP contribution in [-0.2, 0) is 24.3 Å². The molecule has 9 nitrogen and oxygen atoms in total. The molecule has 0 atom stereocenters. The minimum atomic E-state index is -3.83. The fourth-order valence-electron chi connectivity index (χ4n) is 2.85. The number of nitrogens with zero attached hydrogens (tertiary/aromatic N) is 3. The maximum Gasteiger partial charge on any atom is 0.340 e. The third-order valence-electron chi connectivity index (χ3n) is 4.33. The van der Waals surface area contributed by atoms with Crippen molar-refractivity contribution in [1.82, 2.24) is 9.80 Å². The van der Waals surface area contributed by atoms with E-state index in [9.17, 15) is 22.8 Å². The van der Waals surface area contributed by atoms with E-state index in [4.69, 9.17) is 4.74 Å². The number of esters is 1. The largest absolute Gasteiger partial charge is 0.465 e. The highest BCUT2D eigenvalue weighted by Crippen LogP contribution is 2.24. The van der Waals surface area contributed by atoms with Crippen molar-refractivity contribution in [2.45, 2.75) is 6.92 Å².